The Morgan fingerprint density at radius 3 is 2.61 bits per heavy atom. The van der Waals surface area contributed by atoms with Crippen LogP contribution >= 0.6 is 0 Å². The molecule has 0 radical (unpaired) electrons. The largest absolute Gasteiger partial charge is 0.353 e. The van der Waals surface area contributed by atoms with Crippen molar-refractivity contribution in [3.05, 3.63) is 0 Å². The van der Waals surface area contributed by atoms with Crippen LogP contribution < -0.4 is 10.6 Å². The molecule has 4 nitrogen and oxygen atoms in total. The molecule has 0 bridgehead atoms. The molecule has 0 aliphatic carbocycles. The van der Waals surface area contributed by atoms with Gasteiger partial charge in [-0.2, -0.15) is 0 Å². The standard InChI is InChI=1S/C14H29N3O/c1-4-6-12(3)16-14(18)11-17(5-2)13-7-9-15-10-8-13/h12-13,15H,4-11H2,1-3H3,(H,16,18). The van der Waals surface area contributed by atoms with Gasteiger partial charge in [0.25, 0.3) is 0 Å². The summed E-state index contributed by atoms with van der Waals surface area (Å²) in [6, 6.07) is 0.873. The van der Waals surface area contributed by atoms with Gasteiger partial charge in [-0.1, -0.05) is 20.3 Å². The molecule has 106 valence electrons. The highest BCUT2D eigenvalue weighted by Gasteiger charge is 2.21. The molecule has 0 aromatic heterocycles. The number of rotatable bonds is 7. The molecular weight excluding hydrogens is 226 g/mol. The highest BCUT2D eigenvalue weighted by molar-refractivity contribution is 5.78. The van der Waals surface area contributed by atoms with Crippen molar-refractivity contribution < 1.29 is 4.79 Å². The second-order valence-corrected chi connectivity index (χ2v) is 5.30. The fourth-order valence-electron chi connectivity index (χ4n) is 2.68. The average molecular weight is 255 g/mol. The topological polar surface area (TPSA) is 44.4 Å². The summed E-state index contributed by atoms with van der Waals surface area (Å²) in [5.74, 6) is 0.177. The van der Waals surface area contributed by atoms with Gasteiger partial charge in [-0.25, -0.2) is 0 Å². The normalized spacial score (nSPS) is 18.9. The fourth-order valence-corrected chi connectivity index (χ4v) is 2.68. The molecule has 1 atom stereocenters. The third kappa shape index (κ3) is 5.36. The molecule has 1 saturated heterocycles. The molecule has 18 heavy (non-hydrogen) atoms. The summed E-state index contributed by atoms with van der Waals surface area (Å²) in [4.78, 5) is 14.3. The van der Waals surface area contributed by atoms with Crippen LogP contribution in [-0.2, 0) is 4.79 Å². The Balaban J connectivity index is 2.34. The molecule has 1 rings (SSSR count). The van der Waals surface area contributed by atoms with Crippen molar-refractivity contribution in [1.82, 2.24) is 15.5 Å². The molecule has 0 saturated carbocycles. The number of piperidine rings is 1. The second-order valence-electron chi connectivity index (χ2n) is 5.30. The van der Waals surface area contributed by atoms with Crippen LogP contribution in [0.5, 0.6) is 0 Å². The molecule has 1 unspecified atom stereocenters. The number of hydrogen-bond acceptors (Lipinski definition) is 3. The predicted octanol–water partition coefficient (Wildman–Crippen LogP) is 1.37. The number of likely N-dealkylation sites (N-methyl/N-ethyl adjacent to an activating group) is 1. The highest BCUT2D eigenvalue weighted by atomic mass is 16.2. The first-order valence-corrected chi connectivity index (χ1v) is 7.41. The van der Waals surface area contributed by atoms with Crippen LogP contribution in [0.2, 0.25) is 0 Å². The Hall–Kier alpha value is -0.610. The fraction of sp³-hybridized carbons (Fsp3) is 0.929. The van der Waals surface area contributed by atoms with Gasteiger partial charge in [-0.15, -0.1) is 0 Å². The summed E-state index contributed by atoms with van der Waals surface area (Å²) in [7, 11) is 0. The zero-order valence-electron chi connectivity index (χ0n) is 12.2. The van der Waals surface area contributed by atoms with E-state index in [1.165, 1.54) is 0 Å². The maximum Gasteiger partial charge on any atom is 0.234 e. The minimum absolute atomic E-state index is 0.177. The number of nitrogens with one attached hydrogen (secondary N) is 2. The lowest BCUT2D eigenvalue weighted by Gasteiger charge is -2.33. The number of amides is 1. The highest BCUT2D eigenvalue weighted by Crippen LogP contribution is 2.11. The van der Waals surface area contributed by atoms with Crippen LogP contribution in [0.4, 0.5) is 0 Å². The SMILES string of the molecule is CCCC(C)NC(=O)CN(CC)C1CCNCC1. The van der Waals surface area contributed by atoms with Gasteiger partial charge in [-0.3, -0.25) is 9.69 Å². The van der Waals surface area contributed by atoms with E-state index in [-0.39, 0.29) is 5.91 Å². The molecule has 1 fully saturated rings. The smallest absolute Gasteiger partial charge is 0.234 e. The minimum Gasteiger partial charge on any atom is -0.353 e. The summed E-state index contributed by atoms with van der Waals surface area (Å²) in [6.45, 7) is 10.0. The van der Waals surface area contributed by atoms with E-state index >= 15 is 0 Å². The van der Waals surface area contributed by atoms with Crippen molar-refractivity contribution in [3.63, 3.8) is 0 Å². The van der Waals surface area contributed by atoms with Crippen molar-refractivity contribution in [1.29, 1.82) is 0 Å². The van der Waals surface area contributed by atoms with Crippen LogP contribution in [0.3, 0.4) is 0 Å². The lowest BCUT2D eigenvalue weighted by Crippen LogP contribution is -2.48. The van der Waals surface area contributed by atoms with Gasteiger partial charge in [0, 0.05) is 12.1 Å². The van der Waals surface area contributed by atoms with Gasteiger partial charge < -0.3 is 10.6 Å². The van der Waals surface area contributed by atoms with Gasteiger partial charge in [0.15, 0.2) is 0 Å². The molecular formula is C14H29N3O. The Kier molecular flexibility index (Phi) is 7.28. The average Bonchev–Trinajstić information content (AvgIpc) is 2.37. The zero-order chi connectivity index (χ0) is 13.4. The van der Waals surface area contributed by atoms with E-state index in [4.69, 9.17) is 0 Å². The summed E-state index contributed by atoms with van der Waals surface area (Å²) in [5, 5.41) is 6.46. The maximum atomic E-state index is 12.0. The summed E-state index contributed by atoms with van der Waals surface area (Å²) >= 11 is 0. The van der Waals surface area contributed by atoms with Crippen molar-refractivity contribution >= 4 is 5.91 Å². The third-order valence-corrected chi connectivity index (χ3v) is 3.71. The first kappa shape index (κ1) is 15.4. The van der Waals surface area contributed by atoms with Crippen LogP contribution in [-0.4, -0.2) is 49.1 Å². The van der Waals surface area contributed by atoms with Crippen molar-refractivity contribution in [3.8, 4) is 0 Å². The number of nitrogens with zero attached hydrogens (tertiary/aromatic N) is 1. The van der Waals surface area contributed by atoms with Crippen LogP contribution in [0.15, 0.2) is 0 Å². The Labute approximate surface area is 111 Å². The molecule has 2 N–H and O–H groups in total. The molecule has 1 aliphatic rings. The summed E-state index contributed by atoms with van der Waals surface area (Å²) in [5.41, 5.74) is 0. The van der Waals surface area contributed by atoms with Crippen LogP contribution in [0.1, 0.15) is 46.5 Å². The first-order chi connectivity index (χ1) is 8.67. The van der Waals surface area contributed by atoms with Gasteiger partial charge >= 0.3 is 0 Å². The van der Waals surface area contributed by atoms with E-state index in [0.29, 0.717) is 18.6 Å². The van der Waals surface area contributed by atoms with Crippen molar-refractivity contribution in [2.75, 3.05) is 26.2 Å². The summed E-state index contributed by atoms with van der Waals surface area (Å²) < 4.78 is 0. The quantitative estimate of drug-likeness (QED) is 0.722. The molecule has 1 heterocycles. The van der Waals surface area contributed by atoms with E-state index in [1.54, 1.807) is 0 Å². The molecule has 1 amide bonds. The molecule has 0 aromatic carbocycles. The zero-order valence-corrected chi connectivity index (χ0v) is 12.2. The van der Waals surface area contributed by atoms with Crippen molar-refractivity contribution in [2.45, 2.75) is 58.5 Å². The van der Waals surface area contributed by atoms with Gasteiger partial charge in [0.1, 0.15) is 0 Å². The lowest BCUT2D eigenvalue weighted by atomic mass is 10.0. The Bertz CT molecular complexity index is 239. The van der Waals surface area contributed by atoms with Crippen molar-refractivity contribution in [2.24, 2.45) is 0 Å². The van der Waals surface area contributed by atoms with Crippen LogP contribution in [0.25, 0.3) is 0 Å². The molecule has 0 spiro atoms. The molecule has 0 aromatic rings. The van der Waals surface area contributed by atoms with E-state index in [0.717, 1.165) is 45.3 Å². The number of hydrogen-bond donors (Lipinski definition) is 2. The van der Waals surface area contributed by atoms with E-state index < -0.39 is 0 Å². The van der Waals surface area contributed by atoms with E-state index in [1.807, 2.05) is 0 Å². The van der Waals surface area contributed by atoms with Gasteiger partial charge in [0.2, 0.25) is 5.91 Å². The Morgan fingerprint density at radius 2 is 2.06 bits per heavy atom. The lowest BCUT2D eigenvalue weighted by molar-refractivity contribution is -0.123. The molecule has 4 heteroatoms. The molecule has 1 aliphatic heterocycles. The number of carbonyl (C=O) groups excluding carboxylic acids is 1. The van der Waals surface area contributed by atoms with Crippen LogP contribution in [0, 0.1) is 0 Å². The maximum absolute atomic E-state index is 12.0. The Morgan fingerprint density at radius 1 is 1.39 bits per heavy atom. The van der Waals surface area contributed by atoms with E-state index in [9.17, 15) is 4.79 Å². The first-order valence-electron chi connectivity index (χ1n) is 7.41. The predicted molar refractivity (Wildman–Crippen MR) is 75.7 cm³/mol. The van der Waals surface area contributed by atoms with Gasteiger partial charge in [-0.05, 0) is 45.8 Å². The monoisotopic (exact) mass is 255 g/mol. The number of carbonyl (C=O) groups is 1. The third-order valence-electron chi connectivity index (χ3n) is 3.71. The van der Waals surface area contributed by atoms with Gasteiger partial charge in [0.05, 0.1) is 6.54 Å². The second kappa shape index (κ2) is 8.48. The van der Waals surface area contributed by atoms with E-state index in [2.05, 4.69) is 36.3 Å². The minimum atomic E-state index is 0.177. The summed E-state index contributed by atoms with van der Waals surface area (Å²) in [6.07, 6.45) is 4.50.